The summed E-state index contributed by atoms with van der Waals surface area (Å²) in [5, 5.41) is 10.0. The molecule has 0 radical (unpaired) electrons. The highest BCUT2D eigenvalue weighted by Gasteiger charge is 2.34. The summed E-state index contributed by atoms with van der Waals surface area (Å²) in [6.45, 7) is 5.77. The second-order valence-corrected chi connectivity index (χ2v) is 7.26. The summed E-state index contributed by atoms with van der Waals surface area (Å²) < 4.78 is 47.8. The van der Waals surface area contributed by atoms with Crippen LogP contribution in [0.25, 0.3) is 0 Å². The van der Waals surface area contributed by atoms with Gasteiger partial charge in [-0.2, -0.15) is 18.3 Å². The smallest absolute Gasteiger partial charge is 0.416 e. The van der Waals surface area contributed by atoms with Crippen LogP contribution in [0.15, 0.2) is 35.5 Å². The van der Waals surface area contributed by atoms with Gasteiger partial charge in [0.2, 0.25) is 0 Å². The maximum atomic E-state index is 13.5. The van der Waals surface area contributed by atoms with E-state index in [1.54, 1.807) is 44.8 Å². The first-order valence-corrected chi connectivity index (χ1v) is 8.80. The molecule has 0 aliphatic rings. The number of guanidine groups is 1. The standard InChI is InChI=1S/C19H26F3N5O/c1-18(2,3)28-15-7-6-13(16(10-15)19(20,21)22)11-24-17(23-4)25-12-14-8-9-26-27(14)5/h6-10H,11-12H2,1-5H3,(H2,23,24,25). The van der Waals surface area contributed by atoms with E-state index in [1.165, 1.54) is 6.07 Å². The molecule has 0 unspecified atom stereocenters. The Labute approximate surface area is 162 Å². The van der Waals surface area contributed by atoms with Crippen LogP contribution in [0.2, 0.25) is 0 Å². The van der Waals surface area contributed by atoms with Crippen molar-refractivity contribution in [3.05, 3.63) is 47.3 Å². The number of benzene rings is 1. The number of aryl methyl sites for hydroxylation is 1. The Morgan fingerprint density at radius 1 is 1.14 bits per heavy atom. The summed E-state index contributed by atoms with van der Waals surface area (Å²) in [6.07, 6.45) is -2.82. The number of aromatic nitrogens is 2. The number of nitrogens with zero attached hydrogens (tertiary/aromatic N) is 3. The van der Waals surface area contributed by atoms with Crippen LogP contribution < -0.4 is 15.4 Å². The summed E-state index contributed by atoms with van der Waals surface area (Å²) in [5.74, 6) is 0.576. The second kappa shape index (κ2) is 8.53. The Hall–Kier alpha value is -2.71. The summed E-state index contributed by atoms with van der Waals surface area (Å²) in [5.41, 5.74) is -0.288. The monoisotopic (exact) mass is 397 g/mol. The molecule has 28 heavy (non-hydrogen) atoms. The van der Waals surface area contributed by atoms with Gasteiger partial charge in [-0.1, -0.05) is 6.07 Å². The van der Waals surface area contributed by atoms with E-state index in [-0.39, 0.29) is 17.9 Å². The summed E-state index contributed by atoms with van der Waals surface area (Å²) in [6, 6.07) is 5.85. The Balaban J connectivity index is 2.10. The van der Waals surface area contributed by atoms with Crippen molar-refractivity contribution in [3.8, 4) is 5.75 Å². The van der Waals surface area contributed by atoms with Crippen molar-refractivity contribution in [3.63, 3.8) is 0 Å². The van der Waals surface area contributed by atoms with Gasteiger partial charge >= 0.3 is 6.18 Å². The van der Waals surface area contributed by atoms with Gasteiger partial charge in [-0.05, 0) is 44.5 Å². The van der Waals surface area contributed by atoms with E-state index in [1.807, 2.05) is 13.1 Å². The van der Waals surface area contributed by atoms with Crippen LogP contribution in [-0.4, -0.2) is 28.4 Å². The first kappa shape index (κ1) is 21.6. The molecule has 0 atom stereocenters. The van der Waals surface area contributed by atoms with Gasteiger partial charge < -0.3 is 15.4 Å². The number of alkyl halides is 3. The van der Waals surface area contributed by atoms with Crippen molar-refractivity contribution in [2.45, 2.75) is 45.6 Å². The number of hydrogen-bond donors (Lipinski definition) is 2. The molecule has 0 saturated heterocycles. The fourth-order valence-electron chi connectivity index (χ4n) is 2.54. The van der Waals surface area contributed by atoms with Crippen LogP contribution in [0.1, 0.15) is 37.6 Å². The maximum absolute atomic E-state index is 13.5. The van der Waals surface area contributed by atoms with E-state index >= 15 is 0 Å². The molecule has 0 aliphatic heterocycles. The fourth-order valence-corrected chi connectivity index (χ4v) is 2.54. The third-order valence-corrected chi connectivity index (χ3v) is 3.84. The van der Waals surface area contributed by atoms with Crippen LogP contribution >= 0.6 is 0 Å². The molecule has 0 saturated carbocycles. The zero-order chi connectivity index (χ0) is 20.9. The van der Waals surface area contributed by atoms with E-state index in [2.05, 4.69) is 20.7 Å². The van der Waals surface area contributed by atoms with E-state index in [4.69, 9.17) is 4.74 Å². The first-order chi connectivity index (χ1) is 13.0. The minimum atomic E-state index is -4.49. The van der Waals surface area contributed by atoms with Crippen LogP contribution in [0.5, 0.6) is 5.75 Å². The van der Waals surface area contributed by atoms with Gasteiger partial charge in [0.1, 0.15) is 11.4 Å². The highest BCUT2D eigenvalue weighted by molar-refractivity contribution is 5.79. The zero-order valence-electron chi connectivity index (χ0n) is 16.7. The molecule has 1 heterocycles. The normalized spacial score (nSPS) is 12.8. The Morgan fingerprint density at radius 3 is 2.36 bits per heavy atom. The molecular formula is C19H26F3N5O. The number of rotatable bonds is 5. The summed E-state index contributed by atoms with van der Waals surface area (Å²) in [7, 11) is 3.37. The molecule has 0 amide bonds. The summed E-state index contributed by atoms with van der Waals surface area (Å²) in [4.78, 5) is 4.05. The predicted molar refractivity (Wildman–Crippen MR) is 102 cm³/mol. The lowest BCUT2D eigenvalue weighted by Crippen LogP contribution is -2.37. The molecule has 0 fully saturated rings. The zero-order valence-corrected chi connectivity index (χ0v) is 16.7. The Morgan fingerprint density at radius 2 is 1.82 bits per heavy atom. The number of halogens is 3. The van der Waals surface area contributed by atoms with Crippen molar-refractivity contribution < 1.29 is 17.9 Å². The molecule has 1 aromatic heterocycles. The molecule has 154 valence electrons. The quantitative estimate of drug-likeness (QED) is 0.599. The first-order valence-electron chi connectivity index (χ1n) is 8.80. The van der Waals surface area contributed by atoms with Gasteiger partial charge in [-0.25, -0.2) is 0 Å². The number of hydrogen-bond acceptors (Lipinski definition) is 3. The lowest BCUT2D eigenvalue weighted by Gasteiger charge is -2.23. The molecule has 0 bridgehead atoms. The van der Waals surface area contributed by atoms with Gasteiger partial charge in [0.05, 0.1) is 17.8 Å². The van der Waals surface area contributed by atoms with Gasteiger partial charge in [0, 0.05) is 26.8 Å². The lowest BCUT2D eigenvalue weighted by molar-refractivity contribution is -0.138. The number of aliphatic imine (C=N–C) groups is 1. The van der Waals surface area contributed by atoms with E-state index < -0.39 is 17.3 Å². The molecule has 2 aromatic rings. The van der Waals surface area contributed by atoms with Crippen LogP contribution in [0.4, 0.5) is 13.2 Å². The van der Waals surface area contributed by atoms with Gasteiger partial charge in [0.15, 0.2) is 5.96 Å². The predicted octanol–water partition coefficient (Wildman–Crippen LogP) is 3.48. The molecule has 0 spiro atoms. The number of nitrogens with one attached hydrogen (secondary N) is 2. The Kier molecular flexibility index (Phi) is 6.58. The molecule has 1 aromatic carbocycles. The van der Waals surface area contributed by atoms with Crippen molar-refractivity contribution in [2.75, 3.05) is 7.05 Å². The van der Waals surface area contributed by atoms with Crippen LogP contribution in [0.3, 0.4) is 0 Å². The second-order valence-electron chi connectivity index (χ2n) is 7.26. The van der Waals surface area contributed by atoms with Crippen LogP contribution in [-0.2, 0) is 26.3 Å². The maximum Gasteiger partial charge on any atom is 0.416 e. The van der Waals surface area contributed by atoms with Crippen LogP contribution in [0, 0.1) is 0 Å². The SMILES string of the molecule is CN=C(NCc1ccc(OC(C)(C)C)cc1C(F)(F)F)NCc1ccnn1C. The van der Waals surface area contributed by atoms with Crippen molar-refractivity contribution >= 4 is 5.96 Å². The fraction of sp³-hybridized carbons (Fsp3) is 0.474. The third kappa shape index (κ3) is 6.17. The lowest BCUT2D eigenvalue weighted by atomic mass is 10.1. The largest absolute Gasteiger partial charge is 0.488 e. The van der Waals surface area contributed by atoms with Crippen molar-refractivity contribution in [2.24, 2.45) is 12.0 Å². The molecule has 2 N–H and O–H groups in total. The van der Waals surface area contributed by atoms with Gasteiger partial charge in [0.25, 0.3) is 0 Å². The van der Waals surface area contributed by atoms with Crippen molar-refractivity contribution in [1.82, 2.24) is 20.4 Å². The third-order valence-electron chi connectivity index (χ3n) is 3.84. The highest BCUT2D eigenvalue weighted by Crippen LogP contribution is 2.35. The van der Waals surface area contributed by atoms with Crippen molar-refractivity contribution in [1.29, 1.82) is 0 Å². The highest BCUT2D eigenvalue weighted by atomic mass is 19.4. The minimum absolute atomic E-state index is 0.0320. The van der Waals surface area contributed by atoms with Gasteiger partial charge in [-0.15, -0.1) is 0 Å². The van der Waals surface area contributed by atoms with E-state index in [0.29, 0.717) is 12.5 Å². The number of ether oxygens (including phenoxy) is 1. The average molecular weight is 397 g/mol. The molecule has 2 rings (SSSR count). The molecule has 0 aliphatic carbocycles. The molecule has 9 heteroatoms. The van der Waals surface area contributed by atoms with E-state index in [0.717, 1.165) is 11.8 Å². The minimum Gasteiger partial charge on any atom is -0.488 e. The molecule has 6 nitrogen and oxygen atoms in total. The topological polar surface area (TPSA) is 63.5 Å². The van der Waals surface area contributed by atoms with Gasteiger partial charge in [-0.3, -0.25) is 9.67 Å². The molecular weight excluding hydrogens is 371 g/mol. The Bertz CT molecular complexity index is 822. The average Bonchev–Trinajstić information content (AvgIpc) is 2.98. The van der Waals surface area contributed by atoms with E-state index in [9.17, 15) is 13.2 Å². The summed E-state index contributed by atoms with van der Waals surface area (Å²) >= 11 is 0.